The van der Waals surface area contributed by atoms with Crippen LogP contribution >= 0.6 is 11.6 Å². The van der Waals surface area contributed by atoms with E-state index >= 15 is 0 Å². The number of fused-ring (bicyclic) bond motifs is 1. The minimum Gasteiger partial charge on any atom is -0.384 e. The summed E-state index contributed by atoms with van der Waals surface area (Å²) in [6, 6.07) is 8.92. The summed E-state index contributed by atoms with van der Waals surface area (Å²) in [5.41, 5.74) is 2.73. The van der Waals surface area contributed by atoms with Crippen molar-refractivity contribution in [1.82, 2.24) is 9.38 Å². The molecule has 0 radical (unpaired) electrons. The van der Waals surface area contributed by atoms with Crippen LogP contribution in [0.25, 0.3) is 5.65 Å². The molecule has 0 atom stereocenters. The first-order valence-corrected chi connectivity index (χ1v) is 8.35. The number of hydrogen-bond donors (Lipinski definition) is 2. The van der Waals surface area contributed by atoms with Crippen molar-refractivity contribution in [1.29, 1.82) is 0 Å². The molecule has 0 aliphatic carbocycles. The number of aromatic nitrogens is 2. The summed E-state index contributed by atoms with van der Waals surface area (Å²) >= 11 is 6.18. The standard InChI is InChI=1S/C19H20ClN3O2/c1-11-7-5-8-13(20)15(11)18(24)22-14-9-6-10-23-16(19(3,4)25)12(2)21-17(14)23/h5-10,25H,1-4H3,(H,22,24). The van der Waals surface area contributed by atoms with Gasteiger partial charge in [0.25, 0.3) is 5.91 Å². The van der Waals surface area contributed by atoms with Gasteiger partial charge in [0.2, 0.25) is 0 Å². The molecule has 0 bridgehead atoms. The highest BCUT2D eigenvalue weighted by Crippen LogP contribution is 2.28. The summed E-state index contributed by atoms with van der Waals surface area (Å²) in [5.74, 6) is -0.290. The lowest BCUT2D eigenvalue weighted by atomic mass is 10.0. The molecule has 0 saturated heterocycles. The Bertz CT molecular complexity index is 950. The van der Waals surface area contributed by atoms with Gasteiger partial charge in [-0.3, -0.25) is 9.20 Å². The third-order valence-electron chi connectivity index (χ3n) is 4.10. The number of carbonyl (C=O) groups excluding carboxylic acids is 1. The molecule has 5 nitrogen and oxygen atoms in total. The van der Waals surface area contributed by atoms with Crippen LogP contribution in [0.1, 0.15) is 41.2 Å². The molecule has 1 amide bonds. The zero-order valence-electron chi connectivity index (χ0n) is 14.6. The number of benzene rings is 1. The van der Waals surface area contributed by atoms with Gasteiger partial charge in [0, 0.05) is 6.20 Å². The van der Waals surface area contributed by atoms with Crippen molar-refractivity contribution in [2.75, 3.05) is 5.32 Å². The third-order valence-corrected chi connectivity index (χ3v) is 4.42. The third kappa shape index (κ3) is 3.13. The van der Waals surface area contributed by atoms with Gasteiger partial charge in [-0.15, -0.1) is 0 Å². The lowest BCUT2D eigenvalue weighted by Gasteiger charge is -2.18. The highest BCUT2D eigenvalue weighted by atomic mass is 35.5. The van der Waals surface area contributed by atoms with Crippen LogP contribution in [0.15, 0.2) is 36.5 Å². The largest absolute Gasteiger partial charge is 0.384 e. The molecule has 0 aliphatic heterocycles. The Hall–Kier alpha value is -2.37. The van der Waals surface area contributed by atoms with Crippen molar-refractivity contribution in [3.8, 4) is 0 Å². The molecular formula is C19H20ClN3O2. The second kappa shape index (κ2) is 6.17. The Kier molecular flexibility index (Phi) is 4.31. The summed E-state index contributed by atoms with van der Waals surface area (Å²) < 4.78 is 1.80. The van der Waals surface area contributed by atoms with Crippen molar-refractivity contribution in [3.05, 3.63) is 64.1 Å². The average Bonchev–Trinajstić information content (AvgIpc) is 2.84. The van der Waals surface area contributed by atoms with Crippen LogP contribution in [0.2, 0.25) is 5.02 Å². The molecule has 3 rings (SSSR count). The number of nitrogens with one attached hydrogen (secondary N) is 1. The smallest absolute Gasteiger partial charge is 0.257 e. The first kappa shape index (κ1) is 17.5. The minimum absolute atomic E-state index is 0.290. The van der Waals surface area contributed by atoms with Crippen molar-refractivity contribution in [2.45, 2.75) is 33.3 Å². The van der Waals surface area contributed by atoms with E-state index in [0.717, 1.165) is 5.56 Å². The number of anilines is 1. The average molecular weight is 358 g/mol. The van der Waals surface area contributed by atoms with E-state index in [-0.39, 0.29) is 5.91 Å². The minimum atomic E-state index is -1.05. The molecule has 0 fully saturated rings. The molecule has 130 valence electrons. The van der Waals surface area contributed by atoms with Crippen LogP contribution in [-0.4, -0.2) is 20.4 Å². The van der Waals surface area contributed by atoms with Crippen molar-refractivity contribution in [2.24, 2.45) is 0 Å². The second-order valence-corrected chi connectivity index (χ2v) is 7.01. The van der Waals surface area contributed by atoms with E-state index in [1.807, 2.05) is 32.2 Å². The van der Waals surface area contributed by atoms with Crippen LogP contribution < -0.4 is 5.32 Å². The molecule has 3 aromatic rings. The fourth-order valence-corrected chi connectivity index (χ4v) is 3.43. The molecule has 0 aliphatic rings. The second-order valence-electron chi connectivity index (χ2n) is 6.61. The summed E-state index contributed by atoms with van der Waals surface area (Å²) in [6.45, 7) is 7.10. The van der Waals surface area contributed by atoms with Crippen LogP contribution in [0.3, 0.4) is 0 Å². The number of imidazole rings is 1. The van der Waals surface area contributed by atoms with Crippen LogP contribution in [0.5, 0.6) is 0 Å². The lowest BCUT2D eigenvalue weighted by molar-refractivity contribution is 0.0722. The van der Waals surface area contributed by atoms with E-state index in [2.05, 4.69) is 10.3 Å². The van der Waals surface area contributed by atoms with Crippen LogP contribution in [-0.2, 0) is 5.60 Å². The van der Waals surface area contributed by atoms with Gasteiger partial charge < -0.3 is 10.4 Å². The van der Waals surface area contributed by atoms with Gasteiger partial charge in [0.05, 0.1) is 27.7 Å². The topological polar surface area (TPSA) is 66.6 Å². The molecular weight excluding hydrogens is 338 g/mol. The lowest BCUT2D eigenvalue weighted by Crippen LogP contribution is -2.20. The SMILES string of the molecule is Cc1cccc(Cl)c1C(=O)Nc1cccn2c(C(C)(C)O)c(C)nc12. The monoisotopic (exact) mass is 357 g/mol. The van der Waals surface area contributed by atoms with Gasteiger partial charge in [-0.1, -0.05) is 23.7 Å². The van der Waals surface area contributed by atoms with E-state index in [0.29, 0.717) is 33.3 Å². The molecule has 0 unspecified atom stereocenters. The Morgan fingerprint density at radius 1 is 1.24 bits per heavy atom. The number of aliphatic hydroxyl groups is 1. The number of carbonyl (C=O) groups is 1. The Balaban J connectivity index is 2.07. The number of aryl methyl sites for hydroxylation is 2. The van der Waals surface area contributed by atoms with E-state index in [1.54, 1.807) is 36.4 Å². The van der Waals surface area contributed by atoms with Gasteiger partial charge in [-0.25, -0.2) is 4.98 Å². The van der Waals surface area contributed by atoms with Gasteiger partial charge in [0.1, 0.15) is 5.60 Å². The highest BCUT2D eigenvalue weighted by molar-refractivity contribution is 6.34. The summed E-state index contributed by atoms with van der Waals surface area (Å²) in [7, 11) is 0. The highest BCUT2D eigenvalue weighted by Gasteiger charge is 2.25. The van der Waals surface area contributed by atoms with Crippen molar-refractivity contribution < 1.29 is 9.90 Å². The Labute approximate surface area is 151 Å². The summed E-state index contributed by atoms with van der Waals surface area (Å²) in [6.07, 6.45) is 1.82. The molecule has 6 heteroatoms. The van der Waals surface area contributed by atoms with E-state index < -0.39 is 5.60 Å². The summed E-state index contributed by atoms with van der Waals surface area (Å²) in [4.78, 5) is 17.2. The zero-order chi connectivity index (χ0) is 18.4. The van der Waals surface area contributed by atoms with E-state index in [9.17, 15) is 9.90 Å². The number of hydrogen-bond acceptors (Lipinski definition) is 3. The molecule has 0 saturated carbocycles. The number of amides is 1. The molecule has 2 aromatic heterocycles. The van der Waals surface area contributed by atoms with Gasteiger partial charge >= 0.3 is 0 Å². The normalized spacial score (nSPS) is 11.8. The molecule has 1 aromatic carbocycles. The first-order chi connectivity index (χ1) is 11.7. The molecule has 0 spiro atoms. The van der Waals surface area contributed by atoms with Gasteiger partial charge in [0.15, 0.2) is 5.65 Å². The van der Waals surface area contributed by atoms with Gasteiger partial charge in [-0.05, 0) is 51.5 Å². The van der Waals surface area contributed by atoms with E-state index in [1.165, 1.54) is 0 Å². The first-order valence-electron chi connectivity index (χ1n) is 7.97. The number of halogens is 1. The maximum Gasteiger partial charge on any atom is 0.257 e. The van der Waals surface area contributed by atoms with Crippen LogP contribution in [0, 0.1) is 13.8 Å². The number of nitrogens with zero attached hydrogens (tertiary/aromatic N) is 2. The maximum atomic E-state index is 12.7. The molecule has 2 N–H and O–H groups in total. The number of pyridine rings is 1. The number of rotatable bonds is 3. The van der Waals surface area contributed by atoms with Gasteiger partial charge in [-0.2, -0.15) is 0 Å². The zero-order valence-corrected chi connectivity index (χ0v) is 15.3. The summed E-state index contributed by atoms with van der Waals surface area (Å²) in [5, 5.41) is 13.7. The predicted octanol–water partition coefficient (Wildman–Crippen LogP) is 4.08. The fourth-order valence-electron chi connectivity index (χ4n) is 3.12. The molecule has 25 heavy (non-hydrogen) atoms. The molecule has 2 heterocycles. The fraction of sp³-hybridized carbons (Fsp3) is 0.263. The van der Waals surface area contributed by atoms with E-state index in [4.69, 9.17) is 11.6 Å². The Morgan fingerprint density at radius 2 is 1.96 bits per heavy atom. The quantitative estimate of drug-likeness (QED) is 0.742. The van der Waals surface area contributed by atoms with Crippen molar-refractivity contribution >= 4 is 28.8 Å². The van der Waals surface area contributed by atoms with Crippen LogP contribution in [0.4, 0.5) is 5.69 Å². The Morgan fingerprint density at radius 3 is 2.60 bits per heavy atom. The predicted molar refractivity (Wildman–Crippen MR) is 99.3 cm³/mol. The maximum absolute atomic E-state index is 12.7. The van der Waals surface area contributed by atoms with Crippen molar-refractivity contribution in [3.63, 3.8) is 0 Å².